The number of carbonyl (C=O) groups is 1. The first-order valence-electron chi connectivity index (χ1n) is 11.4. The van der Waals surface area contributed by atoms with Crippen molar-refractivity contribution in [2.45, 2.75) is 24.9 Å². The summed E-state index contributed by atoms with van der Waals surface area (Å²) in [6.45, 7) is 2.13. The van der Waals surface area contributed by atoms with Crippen LogP contribution in [0.3, 0.4) is 0 Å². The van der Waals surface area contributed by atoms with E-state index in [1.54, 1.807) is 26.3 Å². The van der Waals surface area contributed by atoms with Crippen molar-refractivity contribution in [2.75, 3.05) is 46.7 Å². The van der Waals surface area contributed by atoms with E-state index >= 15 is 0 Å². The molecule has 1 fully saturated rings. The number of hydrogen-bond acceptors (Lipinski definition) is 7. The molecule has 1 amide bonds. The first-order valence-corrected chi connectivity index (χ1v) is 11.8. The van der Waals surface area contributed by atoms with Crippen LogP contribution < -0.4 is 15.4 Å². The average Bonchev–Trinajstić information content (AvgIpc) is 2.86. The summed E-state index contributed by atoms with van der Waals surface area (Å²) in [6, 6.07) is 8.52. The maximum atomic E-state index is 14.5. The number of amides is 1. The van der Waals surface area contributed by atoms with Crippen molar-refractivity contribution in [3.63, 3.8) is 0 Å². The maximum absolute atomic E-state index is 14.5. The number of piperidine rings is 1. The van der Waals surface area contributed by atoms with Gasteiger partial charge in [0.2, 0.25) is 5.91 Å². The highest BCUT2D eigenvalue weighted by atomic mass is 35.5. The first-order chi connectivity index (χ1) is 16.8. The Morgan fingerprint density at radius 2 is 2.03 bits per heavy atom. The van der Waals surface area contributed by atoms with Gasteiger partial charge in [0.15, 0.2) is 5.82 Å². The van der Waals surface area contributed by atoms with Gasteiger partial charge in [-0.15, -0.1) is 0 Å². The zero-order chi connectivity index (χ0) is 25.2. The predicted octanol–water partition coefficient (Wildman–Crippen LogP) is 3.82. The van der Waals surface area contributed by atoms with Crippen LogP contribution in [0.1, 0.15) is 18.4 Å². The van der Waals surface area contributed by atoms with Crippen LogP contribution in [0.2, 0.25) is 5.02 Å². The van der Waals surface area contributed by atoms with E-state index in [9.17, 15) is 9.18 Å². The van der Waals surface area contributed by atoms with E-state index in [1.807, 2.05) is 19.2 Å². The number of benzene rings is 2. The fourth-order valence-corrected chi connectivity index (χ4v) is 4.85. The fourth-order valence-electron chi connectivity index (χ4n) is 4.68. The van der Waals surface area contributed by atoms with Gasteiger partial charge >= 0.3 is 0 Å². The minimum Gasteiger partial charge on any atom is -0.496 e. The molecule has 2 aromatic carbocycles. The van der Waals surface area contributed by atoms with E-state index < -0.39 is 11.4 Å². The van der Waals surface area contributed by atoms with Gasteiger partial charge < -0.3 is 20.3 Å². The smallest absolute Gasteiger partial charge is 0.240 e. The normalized spacial score (nSPS) is 15.9. The molecule has 35 heavy (non-hydrogen) atoms. The van der Waals surface area contributed by atoms with Crippen molar-refractivity contribution in [2.24, 2.45) is 0 Å². The minimum absolute atomic E-state index is 0.00924. The standard InChI is InChI=1S/C25H30ClFN6O2/c1-28-24(34)25(8-10-32(2)11-9-25)33(3)14-16-12-17-20(13-21(16)35-4)29-15-30-23(17)31-19-7-5-6-18(26)22(19)27/h5-7,12-13,15H,8-11,14H2,1-4H3,(H,28,34)(H,29,30,31). The lowest BCUT2D eigenvalue weighted by Crippen LogP contribution is -2.61. The Bertz CT molecular complexity index is 1230. The summed E-state index contributed by atoms with van der Waals surface area (Å²) in [7, 11) is 7.32. The lowest BCUT2D eigenvalue weighted by molar-refractivity contribution is -0.136. The van der Waals surface area contributed by atoms with Crippen molar-refractivity contribution in [1.29, 1.82) is 0 Å². The van der Waals surface area contributed by atoms with Crippen LogP contribution in [0.25, 0.3) is 10.9 Å². The molecule has 1 aliphatic heterocycles. The maximum Gasteiger partial charge on any atom is 0.240 e. The highest BCUT2D eigenvalue weighted by Crippen LogP contribution is 2.35. The lowest BCUT2D eigenvalue weighted by Gasteiger charge is -2.45. The molecule has 8 nitrogen and oxygen atoms in total. The summed E-state index contributed by atoms with van der Waals surface area (Å²) in [4.78, 5) is 26.1. The van der Waals surface area contributed by atoms with Crippen LogP contribution in [0.5, 0.6) is 5.75 Å². The van der Waals surface area contributed by atoms with Crippen LogP contribution in [-0.4, -0.2) is 72.6 Å². The number of fused-ring (bicyclic) bond motifs is 1. The van der Waals surface area contributed by atoms with E-state index in [1.165, 1.54) is 12.4 Å². The van der Waals surface area contributed by atoms with Gasteiger partial charge in [-0.2, -0.15) is 0 Å². The Balaban J connectivity index is 1.72. The number of halogens is 2. The number of hydrogen-bond donors (Lipinski definition) is 2. The van der Waals surface area contributed by atoms with Gasteiger partial charge in [-0.25, -0.2) is 14.4 Å². The molecule has 0 spiro atoms. The number of aromatic nitrogens is 2. The molecule has 1 saturated heterocycles. The van der Waals surface area contributed by atoms with Gasteiger partial charge in [-0.05, 0) is 45.1 Å². The highest BCUT2D eigenvalue weighted by molar-refractivity contribution is 6.31. The summed E-state index contributed by atoms with van der Waals surface area (Å²) < 4.78 is 20.2. The number of likely N-dealkylation sites (N-methyl/N-ethyl adjacent to an activating group) is 2. The monoisotopic (exact) mass is 500 g/mol. The number of nitrogens with zero attached hydrogens (tertiary/aromatic N) is 4. The Hall–Kier alpha value is -3.01. The third-order valence-corrected chi connectivity index (χ3v) is 7.14. The molecule has 4 rings (SSSR count). The Kier molecular flexibility index (Phi) is 7.39. The molecule has 0 saturated carbocycles. The summed E-state index contributed by atoms with van der Waals surface area (Å²) >= 11 is 5.95. The van der Waals surface area contributed by atoms with Crippen molar-refractivity contribution in [3.05, 3.63) is 53.1 Å². The highest BCUT2D eigenvalue weighted by Gasteiger charge is 2.43. The van der Waals surface area contributed by atoms with Crippen molar-refractivity contribution in [1.82, 2.24) is 25.1 Å². The quantitative estimate of drug-likeness (QED) is 0.510. The van der Waals surface area contributed by atoms with Gasteiger partial charge in [0, 0.05) is 43.7 Å². The molecule has 0 unspecified atom stereocenters. The fraction of sp³-hybridized carbons (Fsp3) is 0.400. The molecule has 1 aromatic heterocycles. The summed E-state index contributed by atoms with van der Waals surface area (Å²) in [5.74, 6) is 0.560. The topological polar surface area (TPSA) is 82.6 Å². The van der Waals surface area contributed by atoms with Crippen LogP contribution in [0, 0.1) is 5.82 Å². The van der Waals surface area contributed by atoms with Gasteiger partial charge in [-0.3, -0.25) is 9.69 Å². The van der Waals surface area contributed by atoms with Crippen molar-refractivity contribution in [3.8, 4) is 5.75 Å². The molecule has 10 heteroatoms. The molecular formula is C25H30ClFN6O2. The van der Waals surface area contributed by atoms with E-state index in [4.69, 9.17) is 16.3 Å². The van der Waals surface area contributed by atoms with E-state index in [-0.39, 0.29) is 16.6 Å². The second-order valence-corrected chi connectivity index (χ2v) is 9.31. The summed E-state index contributed by atoms with van der Waals surface area (Å²) in [5.41, 5.74) is 1.11. The molecular weight excluding hydrogens is 471 g/mol. The van der Waals surface area contributed by atoms with Crippen molar-refractivity contribution >= 4 is 39.9 Å². The van der Waals surface area contributed by atoms with Gasteiger partial charge in [0.25, 0.3) is 0 Å². The number of rotatable bonds is 7. The predicted molar refractivity (Wildman–Crippen MR) is 136 cm³/mol. The summed E-state index contributed by atoms with van der Waals surface area (Å²) in [5, 5.41) is 6.62. The third-order valence-electron chi connectivity index (χ3n) is 6.84. The van der Waals surface area contributed by atoms with E-state index in [2.05, 4.69) is 37.4 Å². The zero-order valence-electron chi connectivity index (χ0n) is 20.4. The Morgan fingerprint density at radius 3 is 2.71 bits per heavy atom. The molecule has 186 valence electrons. The second kappa shape index (κ2) is 10.3. The second-order valence-electron chi connectivity index (χ2n) is 8.90. The summed E-state index contributed by atoms with van der Waals surface area (Å²) in [6.07, 6.45) is 2.86. The molecule has 0 bridgehead atoms. The number of anilines is 2. The molecule has 0 aliphatic carbocycles. The molecule has 0 atom stereocenters. The Labute approximate surface area is 209 Å². The largest absolute Gasteiger partial charge is 0.496 e. The van der Waals surface area contributed by atoms with Crippen LogP contribution >= 0.6 is 11.6 Å². The number of nitrogens with one attached hydrogen (secondary N) is 2. The number of ether oxygens (including phenoxy) is 1. The molecule has 2 N–H and O–H groups in total. The number of carbonyl (C=O) groups excluding carboxylic acids is 1. The van der Waals surface area contributed by atoms with Crippen LogP contribution in [0.4, 0.5) is 15.9 Å². The average molecular weight is 501 g/mol. The number of methoxy groups -OCH3 is 1. The van der Waals surface area contributed by atoms with Gasteiger partial charge in [0.05, 0.1) is 23.3 Å². The zero-order valence-corrected chi connectivity index (χ0v) is 21.1. The van der Waals surface area contributed by atoms with Gasteiger partial charge in [-0.1, -0.05) is 17.7 Å². The van der Waals surface area contributed by atoms with E-state index in [0.717, 1.165) is 31.5 Å². The van der Waals surface area contributed by atoms with Crippen LogP contribution in [-0.2, 0) is 11.3 Å². The molecule has 3 aromatic rings. The van der Waals surface area contributed by atoms with E-state index in [0.29, 0.717) is 29.0 Å². The molecule has 2 heterocycles. The Morgan fingerprint density at radius 1 is 1.29 bits per heavy atom. The molecule has 0 radical (unpaired) electrons. The SMILES string of the molecule is CNC(=O)C1(N(C)Cc2cc3c(Nc4cccc(Cl)c4F)ncnc3cc2OC)CCN(C)CC1. The lowest BCUT2D eigenvalue weighted by atomic mass is 9.84. The minimum atomic E-state index is -0.626. The number of likely N-dealkylation sites (tertiary alicyclic amines) is 1. The molecule has 1 aliphatic rings. The third kappa shape index (κ3) is 4.89. The van der Waals surface area contributed by atoms with Crippen molar-refractivity contribution < 1.29 is 13.9 Å². The first kappa shape index (κ1) is 25.1. The van der Waals surface area contributed by atoms with Gasteiger partial charge in [0.1, 0.15) is 23.4 Å². The van der Waals surface area contributed by atoms with Crippen LogP contribution in [0.15, 0.2) is 36.7 Å².